The van der Waals surface area contributed by atoms with Gasteiger partial charge in [0.05, 0.1) is 19.4 Å². The van der Waals surface area contributed by atoms with E-state index in [1.807, 2.05) is 19.0 Å². The minimum absolute atomic E-state index is 0.0780. The smallest absolute Gasteiger partial charge is 0.230 e. The maximum atomic E-state index is 12.6. The lowest BCUT2D eigenvalue weighted by Gasteiger charge is -2.61. The van der Waals surface area contributed by atoms with Gasteiger partial charge in [0, 0.05) is 18.4 Å². The Hall–Kier alpha value is -1.18. The molecule has 40 heavy (non-hydrogen) atoms. The third kappa shape index (κ3) is 4.74. The predicted octanol–water partition coefficient (Wildman–Crippen LogP) is 4.94. The molecule has 7 nitrogen and oxygen atoms in total. The van der Waals surface area contributed by atoms with Crippen LogP contribution in [0.3, 0.4) is 0 Å². The monoisotopic (exact) mass is 557 g/mol. The van der Waals surface area contributed by atoms with Gasteiger partial charge in [-0.25, -0.2) is 0 Å². The molecular formula is C33H55N3O4. The molecule has 2 amide bonds. The van der Waals surface area contributed by atoms with Crippen molar-refractivity contribution < 1.29 is 19.1 Å². The molecule has 4 aliphatic carbocycles. The van der Waals surface area contributed by atoms with E-state index in [9.17, 15) is 9.59 Å². The highest BCUT2D eigenvalue weighted by molar-refractivity contribution is 5.96. The third-order valence-corrected chi connectivity index (χ3v) is 13.2. The maximum absolute atomic E-state index is 12.6. The number of fused-ring (bicyclic) bond motifs is 7. The van der Waals surface area contributed by atoms with Gasteiger partial charge in [-0.05, 0) is 118 Å². The first-order valence-corrected chi connectivity index (χ1v) is 16.5. The molecule has 1 spiro atoms. The molecule has 2 saturated heterocycles. The topological polar surface area (TPSA) is 79.9 Å². The lowest BCUT2D eigenvalue weighted by Crippen LogP contribution is -2.56. The molecule has 0 bridgehead atoms. The first-order chi connectivity index (χ1) is 18.9. The van der Waals surface area contributed by atoms with Crippen LogP contribution in [0.15, 0.2) is 0 Å². The molecule has 12 atom stereocenters. The van der Waals surface area contributed by atoms with E-state index >= 15 is 0 Å². The molecule has 0 aromatic heterocycles. The summed E-state index contributed by atoms with van der Waals surface area (Å²) in [5, 5.41) is 6.02. The minimum Gasteiger partial charge on any atom is -0.353 e. The Balaban J connectivity index is 1.08. The lowest BCUT2D eigenvalue weighted by atomic mass is 9.44. The Morgan fingerprint density at radius 3 is 2.40 bits per heavy atom. The quantitative estimate of drug-likeness (QED) is 0.370. The Labute approximate surface area is 242 Å². The second-order valence-electron chi connectivity index (χ2n) is 15.7. The molecule has 0 radical (unpaired) electrons. The highest BCUT2D eigenvalue weighted by atomic mass is 16.7. The zero-order chi connectivity index (χ0) is 28.4. The summed E-state index contributed by atoms with van der Waals surface area (Å²) in [6.07, 6.45) is 12.4. The normalized spacial score (nSPS) is 49.6. The molecule has 0 aromatic carbocycles. The number of carbonyl (C=O) groups excluding carboxylic acids is 2. The van der Waals surface area contributed by atoms with Gasteiger partial charge in [0.15, 0.2) is 5.79 Å². The lowest BCUT2D eigenvalue weighted by molar-refractivity contribution is -0.273. The zero-order valence-corrected chi connectivity index (χ0v) is 26.0. The summed E-state index contributed by atoms with van der Waals surface area (Å²) in [5.74, 6) is 4.10. The van der Waals surface area contributed by atoms with Gasteiger partial charge in [0.2, 0.25) is 11.8 Å². The molecule has 226 valence electrons. The van der Waals surface area contributed by atoms with Gasteiger partial charge < -0.3 is 20.1 Å². The maximum Gasteiger partial charge on any atom is 0.230 e. The van der Waals surface area contributed by atoms with Crippen LogP contribution < -0.4 is 10.6 Å². The fraction of sp³-hybridized carbons (Fsp3) is 0.939. The summed E-state index contributed by atoms with van der Waals surface area (Å²) in [4.78, 5) is 26.7. The number of amides is 2. The fourth-order valence-corrected chi connectivity index (χ4v) is 11.1. The van der Waals surface area contributed by atoms with Gasteiger partial charge in [-0.15, -0.1) is 0 Å². The Morgan fingerprint density at radius 1 is 0.900 bits per heavy atom. The van der Waals surface area contributed by atoms with Crippen molar-refractivity contribution in [3.05, 3.63) is 0 Å². The van der Waals surface area contributed by atoms with Crippen molar-refractivity contribution in [1.29, 1.82) is 0 Å². The van der Waals surface area contributed by atoms with Crippen LogP contribution in [0.2, 0.25) is 0 Å². The molecule has 6 rings (SSSR count). The molecular weight excluding hydrogens is 502 g/mol. The van der Waals surface area contributed by atoms with Crippen molar-refractivity contribution in [2.75, 3.05) is 27.4 Å². The van der Waals surface area contributed by atoms with E-state index in [1.165, 1.54) is 44.9 Å². The van der Waals surface area contributed by atoms with Gasteiger partial charge in [0.25, 0.3) is 0 Å². The minimum atomic E-state index is -0.327. The molecule has 2 heterocycles. The Kier molecular flexibility index (Phi) is 7.60. The zero-order valence-electron chi connectivity index (χ0n) is 26.0. The molecule has 0 unspecified atom stereocenters. The third-order valence-electron chi connectivity index (χ3n) is 13.2. The number of carbonyl (C=O) groups is 2. The Bertz CT molecular complexity index is 979. The van der Waals surface area contributed by atoms with Crippen molar-refractivity contribution in [3.63, 3.8) is 0 Å². The van der Waals surface area contributed by atoms with Gasteiger partial charge >= 0.3 is 0 Å². The van der Waals surface area contributed by atoms with Crippen LogP contribution in [-0.2, 0) is 19.1 Å². The van der Waals surface area contributed by atoms with Crippen molar-refractivity contribution in [1.82, 2.24) is 15.5 Å². The molecule has 7 heteroatoms. The highest BCUT2D eigenvalue weighted by Gasteiger charge is 2.69. The standard InChI is InChI=1S/C33H55N3O4/c1-20-9-14-33(39-18-20)21(2)30-27(40-33)16-26-24-8-7-22-15-23(35-29(38)17-28(37)34-19-36(5)6)10-12-31(22,3)25(24)11-13-32(26,30)4/h20-27,30H,7-19H2,1-6H3,(H,34,37)(H,35,38)/t20-,21-,22+,23+,24+,25-,26-,27-,30-,31-,32-,33+/m0/s1. The van der Waals surface area contributed by atoms with E-state index < -0.39 is 0 Å². The summed E-state index contributed by atoms with van der Waals surface area (Å²) < 4.78 is 13.5. The van der Waals surface area contributed by atoms with Crippen LogP contribution >= 0.6 is 0 Å². The van der Waals surface area contributed by atoms with Crippen molar-refractivity contribution in [3.8, 4) is 0 Å². The summed E-state index contributed by atoms with van der Waals surface area (Å²) in [7, 11) is 3.80. The van der Waals surface area contributed by atoms with Gasteiger partial charge in [-0.2, -0.15) is 0 Å². The SMILES string of the molecule is C[C@H]1CC[C@@]2(OC1)O[C@H]1C[C@H]3[C@@H]4CC[C@@H]5C[C@H](NC(=O)CC(=O)NCN(C)C)CC[C@]5(C)[C@H]4CC[C@]3(C)[C@H]1[C@@H]2C. The molecule has 2 aliphatic heterocycles. The van der Waals surface area contributed by atoms with Gasteiger partial charge in [0.1, 0.15) is 6.42 Å². The van der Waals surface area contributed by atoms with Crippen LogP contribution in [0.25, 0.3) is 0 Å². The van der Waals surface area contributed by atoms with E-state index in [0.717, 1.165) is 43.6 Å². The molecule has 6 fully saturated rings. The number of nitrogens with one attached hydrogen (secondary N) is 2. The van der Waals surface area contributed by atoms with Crippen LogP contribution in [0, 0.1) is 52.3 Å². The average molecular weight is 558 g/mol. The molecule has 6 aliphatic rings. The van der Waals surface area contributed by atoms with Gasteiger partial charge in [-0.1, -0.05) is 27.7 Å². The Morgan fingerprint density at radius 2 is 1.68 bits per heavy atom. The van der Waals surface area contributed by atoms with Crippen molar-refractivity contribution >= 4 is 11.8 Å². The largest absolute Gasteiger partial charge is 0.353 e. The summed E-state index contributed by atoms with van der Waals surface area (Å²) in [6.45, 7) is 11.3. The summed E-state index contributed by atoms with van der Waals surface area (Å²) in [6, 6.07) is 0.201. The van der Waals surface area contributed by atoms with Crippen molar-refractivity contribution in [2.24, 2.45) is 52.3 Å². The number of hydrogen-bond acceptors (Lipinski definition) is 5. The summed E-state index contributed by atoms with van der Waals surface area (Å²) >= 11 is 0. The van der Waals surface area contributed by atoms with Crippen molar-refractivity contribution in [2.45, 2.75) is 116 Å². The fourth-order valence-electron chi connectivity index (χ4n) is 11.1. The highest BCUT2D eigenvalue weighted by Crippen LogP contribution is 2.71. The molecule has 2 N–H and O–H groups in total. The van der Waals surface area contributed by atoms with Crippen LogP contribution in [0.1, 0.15) is 98.3 Å². The van der Waals surface area contributed by atoms with Crippen LogP contribution in [0.5, 0.6) is 0 Å². The first kappa shape index (κ1) is 28.9. The van der Waals surface area contributed by atoms with E-state index in [0.29, 0.717) is 47.3 Å². The van der Waals surface area contributed by atoms with Crippen LogP contribution in [-0.4, -0.2) is 62.0 Å². The van der Waals surface area contributed by atoms with E-state index in [4.69, 9.17) is 9.47 Å². The molecule has 0 aromatic rings. The second-order valence-corrected chi connectivity index (χ2v) is 15.7. The van der Waals surface area contributed by atoms with Crippen LogP contribution in [0.4, 0.5) is 0 Å². The predicted molar refractivity (Wildman–Crippen MR) is 155 cm³/mol. The van der Waals surface area contributed by atoms with E-state index in [-0.39, 0.29) is 30.1 Å². The number of hydrogen-bond donors (Lipinski definition) is 2. The van der Waals surface area contributed by atoms with E-state index in [1.54, 1.807) is 0 Å². The second kappa shape index (κ2) is 10.5. The average Bonchev–Trinajstić information content (AvgIpc) is 3.34. The molecule has 4 saturated carbocycles. The first-order valence-electron chi connectivity index (χ1n) is 16.5. The number of ether oxygens (including phenoxy) is 2. The number of nitrogens with zero attached hydrogens (tertiary/aromatic N) is 1. The summed E-state index contributed by atoms with van der Waals surface area (Å²) in [5.41, 5.74) is 0.727. The number of rotatable bonds is 5. The van der Waals surface area contributed by atoms with E-state index in [2.05, 4.69) is 38.3 Å². The van der Waals surface area contributed by atoms with Gasteiger partial charge in [-0.3, -0.25) is 14.5 Å².